The third kappa shape index (κ3) is 3.53. The van der Waals surface area contributed by atoms with Crippen molar-refractivity contribution in [2.45, 2.75) is 10.6 Å². The molecule has 0 aliphatic carbocycles. The molecule has 110 valence electrons. The molecule has 0 amide bonds. The average Bonchev–Trinajstić information content (AvgIpc) is 2.40. The normalized spacial score (nSPS) is 11.3. The summed E-state index contributed by atoms with van der Waals surface area (Å²) < 4.78 is 24.6. The molecule has 1 heterocycles. The Morgan fingerprint density at radius 1 is 1.19 bits per heavy atom. The lowest BCUT2D eigenvalue weighted by Crippen LogP contribution is -2.07. The molecule has 0 saturated carbocycles. The van der Waals surface area contributed by atoms with Crippen LogP contribution in [0, 0.1) is 0 Å². The number of benzene rings is 1. The number of hydrogen-bond acceptors (Lipinski definition) is 4. The van der Waals surface area contributed by atoms with E-state index in [1.165, 1.54) is 24.5 Å². The fourth-order valence-electron chi connectivity index (χ4n) is 1.67. The zero-order valence-corrected chi connectivity index (χ0v) is 12.8. The van der Waals surface area contributed by atoms with Crippen molar-refractivity contribution in [2.24, 2.45) is 0 Å². The van der Waals surface area contributed by atoms with E-state index in [9.17, 15) is 13.2 Å². The van der Waals surface area contributed by atoms with Crippen LogP contribution in [0.1, 0.15) is 15.9 Å². The van der Waals surface area contributed by atoms with Crippen LogP contribution in [0.25, 0.3) is 0 Å². The first-order valence-electron chi connectivity index (χ1n) is 5.65. The van der Waals surface area contributed by atoms with E-state index in [1.807, 2.05) is 0 Å². The second-order valence-electron chi connectivity index (χ2n) is 4.17. The molecule has 0 radical (unpaired) electrons. The molecule has 5 nitrogen and oxygen atoms in total. The van der Waals surface area contributed by atoms with Gasteiger partial charge >= 0.3 is 5.97 Å². The minimum atomic E-state index is -3.69. The smallest absolute Gasteiger partial charge is 0.337 e. The number of carboxylic acids is 1. The number of carbonyl (C=O) groups is 1. The quantitative estimate of drug-likeness (QED) is 0.920. The fraction of sp³-hybridized carbons (Fsp3) is 0.0769. The summed E-state index contributed by atoms with van der Waals surface area (Å²) in [7, 11) is -3.69. The van der Waals surface area contributed by atoms with Crippen molar-refractivity contribution in [1.29, 1.82) is 0 Å². The Balaban J connectivity index is 2.39. The highest BCUT2D eigenvalue weighted by atomic mass is 35.5. The number of aromatic nitrogens is 1. The molecule has 1 aromatic carbocycles. The summed E-state index contributed by atoms with van der Waals surface area (Å²) in [5.74, 6) is -1.54. The zero-order chi connectivity index (χ0) is 15.6. The summed E-state index contributed by atoms with van der Waals surface area (Å²) >= 11 is 11.7. The zero-order valence-electron chi connectivity index (χ0n) is 10.5. The minimum Gasteiger partial charge on any atom is -0.478 e. The van der Waals surface area contributed by atoms with Crippen LogP contribution >= 0.6 is 23.2 Å². The Labute approximate surface area is 131 Å². The molecule has 2 aromatic rings. The molecular formula is C13H9Cl2NO4S. The molecule has 0 spiro atoms. The topological polar surface area (TPSA) is 84.3 Å². The largest absolute Gasteiger partial charge is 0.478 e. The highest BCUT2D eigenvalue weighted by molar-refractivity contribution is 7.90. The van der Waals surface area contributed by atoms with Crippen LogP contribution in [0.4, 0.5) is 0 Å². The average molecular weight is 346 g/mol. The SMILES string of the molecule is O=C(O)c1ccc(S(=O)(=O)Cc2ccncc2Cl)cc1Cl. The molecule has 0 fully saturated rings. The highest BCUT2D eigenvalue weighted by Crippen LogP contribution is 2.25. The van der Waals surface area contributed by atoms with Crippen LogP contribution in [0.15, 0.2) is 41.6 Å². The summed E-state index contributed by atoms with van der Waals surface area (Å²) in [6, 6.07) is 4.99. The number of nitrogens with zero attached hydrogens (tertiary/aromatic N) is 1. The van der Waals surface area contributed by atoms with Gasteiger partial charge in [0.05, 0.1) is 26.3 Å². The second-order valence-corrected chi connectivity index (χ2v) is 6.98. The number of sulfone groups is 1. The molecule has 0 aliphatic rings. The monoisotopic (exact) mass is 345 g/mol. The predicted molar refractivity (Wildman–Crippen MR) is 78.5 cm³/mol. The number of carboxylic acid groups (broad SMARTS) is 1. The molecule has 0 saturated heterocycles. The van der Waals surface area contributed by atoms with E-state index in [0.717, 1.165) is 12.1 Å². The Hall–Kier alpha value is -1.63. The second kappa shape index (κ2) is 6.01. The molecule has 1 N–H and O–H groups in total. The van der Waals surface area contributed by atoms with Gasteiger partial charge < -0.3 is 5.11 Å². The number of pyridine rings is 1. The maximum absolute atomic E-state index is 12.3. The van der Waals surface area contributed by atoms with E-state index in [-0.39, 0.29) is 26.3 Å². The Bertz CT molecular complexity index is 806. The maximum Gasteiger partial charge on any atom is 0.337 e. The number of hydrogen-bond donors (Lipinski definition) is 1. The van der Waals surface area contributed by atoms with Gasteiger partial charge in [-0.1, -0.05) is 23.2 Å². The molecule has 0 bridgehead atoms. The Morgan fingerprint density at radius 3 is 2.48 bits per heavy atom. The first-order chi connectivity index (χ1) is 9.81. The van der Waals surface area contributed by atoms with Crippen LogP contribution in [0.5, 0.6) is 0 Å². The first kappa shape index (κ1) is 15.8. The van der Waals surface area contributed by atoms with Crippen molar-refractivity contribution in [3.05, 3.63) is 57.8 Å². The van der Waals surface area contributed by atoms with E-state index >= 15 is 0 Å². The van der Waals surface area contributed by atoms with Crippen LogP contribution in [-0.4, -0.2) is 24.5 Å². The summed E-state index contributed by atoms with van der Waals surface area (Å²) in [4.78, 5) is 14.6. The number of halogens is 2. The summed E-state index contributed by atoms with van der Waals surface area (Å²) in [5.41, 5.74) is 0.252. The van der Waals surface area contributed by atoms with E-state index in [0.29, 0.717) is 5.56 Å². The molecule has 0 atom stereocenters. The summed E-state index contributed by atoms with van der Waals surface area (Å²) in [6.45, 7) is 0. The van der Waals surface area contributed by atoms with Gasteiger partial charge in [-0.15, -0.1) is 0 Å². The number of rotatable bonds is 4. The van der Waals surface area contributed by atoms with Gasteiger partial charge in [-0.25, -0.2) is 13.2 Å². The molecule has 8 heteroatoms. The van der Waals surface area contributed by atoms with Crippen molar-refractivity contribution in [3.63, 3.8) is 0 Å². The third-order valence-corrected chi connectivity index (χ3v) is 5.05. The molecule has 2 rings (SSSR count). The van der Waals surface area contributed by atoms with E-state index in [4.69, 9.17) is 28.3 Å². The van der Waals surface area contributed by atoms with Gasteiger partial charge in [0, 0.05) is 12.4 Å². The van der Waals surface area contributed by atoms with Gasteiger partial charge in [-0.2, -0.15) is 0 Å². The lowest BCUT2D eigenvalue weighted by molar-refractivity contribution is 0.0697. The van der Waals surface area contributed by atoms with Crippen molar-refractivity contribution >= 4 is 39.0 Å². The van der Waals surface area contributed by atoms with Gasteiger partial charge in [-0.05, 0) is 29.8 Å². The summed E-state index contributed by atoms with van der Waals surface area (Å²) in [5, 5.41) is 8.98. The minimum absolute atomic E-state index is 0.0645. The number of aromatic carboxylic acids is 1. The van der Waals surface area contributed by atoms with Crippen LogP contribution < -0.4 is 0 Å². The van der Waals surface area contributed by atoms with Crippen LogP contribution in [-0.2, 0) is 15.6 Å². The van der Waals surface area contributed by atoms with Crippen molar-refractivity contribution in [2.75, 3.05) is 0 Å². The third-order valence-electron chi connectivity index (χ3n) is 2.73. The van der Waals surface area contributed by atoms with Crippen molar-refractivity contribution < 1.29 is 18.3 Å². The highest BCUT2D eigenvalue weighted by Gasteiger charge is 2.19. The van der Waals surface area contributed by atoms with Gasteiger partial charge in [0.25, 0.3) is 0 Å². The maximum atomic E-state index is 12.3. The van der Waals surface area contributed by atoms with Crippen LogP contribution in [0.2, 0.25) is 10.0 Å². The Morgan fingerprint density at radius 2 is 1.90 bits per heavy atom. The summed E-state index contributed by atoms with van der Waals surface area (Å²) in [6.07, 6.45) is 2.80. The van der Waals surface area contributed by atoms with Gasteiger partial charge in [0.15, 0.2) is 9.84 Å². The Kier molecular flexibility index (Phi) is 4.51. The van der Waals surface area contributed by atoms with E-state index in [2.05, 4.69) is 4.98 Å². The molecular weight excluding hydrogens is 337 g/mol. The first-order valence-corrected chi connectivity index (χ1v) is 8.06. The van der Waals surface area contributed by atoms with Crippen molar-refractivity contribution in [1.82, 2.24) is 4.98 Å². The van der Waals surface area contributed by atoms with Gasteiger partial charge in [-0.3, -0.25) is 4.98 Å². The van der Waals surface area contributed by atoms with Crippen molar-refractivity contribution in [3.8, 4) is 0 Å². The molecule has 21 heavy (non-hydrogen) atoms. The van der Waals surface area contributed by atoms with Crippen LogP contribution in [0.3, 0.4) is 0 Å². The molecule has 0 unspecified atom stereocenters. The van der Waals surface area contributed by atoms with Gasteiger partial charge in [0.2, 0.25) is 0 Å². The standard InChI is InChI=1S/C13H9Cl2NO4S/c14-11-5-9(1-2-10(11)13(17)18)21(19,20)7-8-3-4-16-6-12(8)15/h1-6H,7H2,(H,17,18). The molecule has 0 aliphatic heterocycles. The fourth-order valence-corrected chi connectivity index (χ4v) is 3.66. The van der Waals surface area contributed by atoms with E-state index < -0.39 is 15.8 Å². The predicted octanol–water partition coefficient (Wildman–Crippen LogP) is 3.06. The lowest BCUT2D eigenvalue weighted by Gasteiger charge is -2.07. The lowest BCUT2D eigenvalue weighted by atomic mass is 10.2. The van der Waals surface area contributed by atoms with Gasteiger partial charge in [0.1, 0.15) is 0 Å². The molecule has 1 aromatic heterocycles. The van der Waals surface area contributed by atoms with E-state index in [1.54, 1.807) is 0 Å².